The summed E-state index contributed by atoms with van der Waals surface area (Å²) in [6.45, 7) is 1.12. The van der Waals surface area contributed by atoms with Crippen LogP contribution in [0.25, 0.3) is 0 Å². The highest BCUT2D eigenvalue weighted by atomic mass is 32.2. The average molecular weight is 594 g/mol. The van der Waals surface area contributed by atoms with Gasteiger partial charge in [-0.05, 0) is 49.2 Å². The molecule has 2 heterocycles. The van der Waals surface area contributed by atoms with Gasteiger partial charge in [0.1, 0.15) is 17.6 Å². The van der Waals surface area contributed by atoms with Gasteiger partial charge in [0.2, 0.25) is 10.0 Å². The van der Waals surface area contributed by atoms with Crippen LogP contribution in [0, 0.1) is 5.92 Å². The summed E-state index contributed by atoms with van der Waals surface area (Å²) in [5.41, 5.74) is -2.08. The molecule has 0 saturated carbocycles. The number of hydrazone groups is 1. The molecule has 0 spiro atoms. The van der Waals surface area contributed by atoms with Crippen molar-refractivity contribution in [2.45, 2.75) is 55.6 Å². The van der Waals surface area contributed by atoms with Crippen LogP contribution in [0.15, 0.2) is 58.5 Å². The Hall–Kier alpha value is -3.33. The second kappa shape index (κ2) is 10.9. The Morgan fingerprint density at radius 1 is 1.00 bits per heavy atom. The van der Waals surface area contributed by atoms with E-state index in [9.17, 15) is 44.7 Å². The molecule has 2 aromatic rings. The zero-order valence-electron chi connectivity index (χ0n) is 21.0. The van der Waals surface area contributed by atoms with Gasteiger partial charge in [0, 0.05) is 19.0 Å². The number of aliphatic carboxylic acids is 1. The minimum absolute atomic E-state index is 0.0747. The van der Waals surface area contributed by atoms with Gasteiger partial charge in [0.15, 0.2) is 0 Å². The highest BCUT2D eigenvalue weighted by Gasteiger charge is 2.49. The van der Waals surface area contributed by atoms with E-state index in [-0.39, 0.29) is 31.6 Å². The van der Waals surface area contributed by atoms with Crippen LogP contribution in [-0.2, 0) is 21.0 Å². The van der Waals surface area contributed by atoms with Gasteiger partial charge in [0.25, 0.3) is 0 Å². The number of hydrogen-bond acceptors (Lipinski definition) is 6. The molecule has 1 saturated heterocycles. The normalized spacial score (nSPS) is 21.4. The van der Waals surface area contributed by atoms with Gasteiger partial charge in [0.05, 0.1) is 28.6 Å². The maximum atomic E-state index is 13.4. The Kier molecular flexibility index (Phi) is 8.09. The van der Waals surface area contributed by atoms with Crippen LogP contribution in [0.3, 0.4) is 0 Å². The van der Waals surface area contributed by atoms with Gasteiger partial charge < -0.3 is 9.84 Å². The first kappa shape index (κ1) is 29.6. The van der Waals surface area contributed by atoms with E-state index in [1.807, 2.05) is 0 Å². The molecule has 0 bridgehead atoms. The first-order chi connectivity index (χ1) is 18.6. The van der Waals surface area contributed by atoms with Gasteiger partial charge in [-0.1, -0.05) is 19.1 Å². The lowest BCUT2D eigenvalue weighted by molar-refractivity contribution is -0.140. The van der Waals surface area contributed by atoms with E-state index in [0.29, 0.717) is 11.8 Å². The number of anilines is 1. The number of carboxylic acid groups (broad SMARTS) is 1. The fraction of sp³-hybridized carbons (Fsp3) is 0.440. The number of piperidine rings is 1. The van der Waals surface area contributed by atoms with E-state index in [1.54, 1.807) is 0 Å². The van der Waals surface area contributed by atoms with E-state index in [1.165, 1.54) is 37.3 Å². The third kappa shape index (κ3) is 6.19. The third-order valence-corrected chi connectivity index (χ3v) is 8.78. The molecule has 15 heteroatoms. The van der Waals surface area contributed by atoms with Gasteiger partial charge in [-0.25, -0.2) is 8.42 Å². The van der Waals surface area contributed by atoms with Crippen molar-refractivity contribution in [3.05, 3.63) is 54.1 Å². The summed E-state index contributed by atoms with van der Waals surface area (Å²) >= 11 is 0. The number of sulfonamides is 1. The molecule has 2 unspecified atom stereocenters. The third-order valence-electron chi connectivity index (χ3n) is 6.83. The van der Waals surface area contributed by atoms with Crippen molar-refractivity contribution < 1.29 is 49.4 Å². The van der Waals surface area contributed by atoms with Crippen LogP contribution in [0.1, 0.15) is 31.7 Å². The van der Waals surface area contributed by atoms with Gasteiger partial charge >= 0.3 is 18.3 Å². The van der Waals surface area contributed by atoms with Crippen LogP contribution in [0.5, 0.6) is 5.75 Å². The molecule has 0 amide bonds. The molecular formula is C25H25F6N3O5S. The second-order valence-corrected chi connectivity index (χ2v) is 11.4. The summed E-state index contributed by atoms with van der Waals surface area (Å²) in [6, 6.07) is 8.76. The van der Waals surface area contributed by atoms with E-state index >= 15 is 0 Å². The molecule has 2 atom stereocenters. The Morgan fingerprint density at radius 2 is 1.60 bits per heavy atom. The van der Waals surface area contributed by atoms with E-state index in [4.69, 9.17) is 4.74 Å². The monoisotopic (exact) mass is 593 g/mol. The minimum atomic E-state index is -4.84. The van der Waals surface area contributed by atoms with Gasteiger partial charge in [-0.15, -0.1) is 0 Å². The maximum Gasteiger partial charge on any atom is 0.431 e. The van der Waals surface area contributed by atoms with Crippen molar-refractivity contribution in [1.82, 2.24) is 4.31 Å². The van der Waals surface area contributed by atoms with E-state index in [0.717, 1.165) is 21.4 Å². The largest absolute Gasteiger partial charge is 0.490 e. The molecule has 40 heavy (non-hydrogen) atoms. The lowest BCUT2D eigenvalue weighted by Crippen LogP contribution is -2.42. The number of carbonyl (C=O) groups is 1. The highest BCUT2D eigenvalue weighted by molar-refractivity contribution is 7.89. The molecule has 2 aliphatic heterocycles. The predicted octanol–water partition coefficient (Wildman–Crippen LogP) is 5.16. The molecule has 218 valence electrons. The van der Waals surface area contributed by atoms with E-state index in [2.05, 4.69) is 5.10 Å². The fourth-order valence-electron chi connectivity index (χ4n) is 4.81. The van der Waals surface area contributed by atoms with Crippen molar-refractivity contribution in [1.29, 1.82) is 0 Å². The van der Waals surface area contributed by atoms with Crippen LogP contribution in [0.2, 0.25) is 0 Å². The Balaban J connectivity index is 1.42. The molecule has 2 aliphatic rings. The van der Waals surface area contributed by atoms with Crippen molar-refractivity contribution in [3.8, 4) is 5.75 Å². The number of rotatable bonds is 7. The molecular weight excluding hydrogens is 568 g/mol. The van der Waals surface area contributed by atoms with Crippen molar-refractivity contribution in [2.24, 2.45) is 11.0 Å². The summed E-state index contributed by atoms with van der Waals surface area (Å²) in [7, 11) is -4.40. The van der Waals surface area contributed by atoms with Crippen LogP contribution >= 0.6 is 0 Å². The average Bonchev–Trinajstić information content (AvgIpc) is 3.20. The molecule has 0 aromatic heterocycles. The summed E-state index contributed by atoms with van der Waals surface area (Å²) < 4.78 is 113. The van der Waals surface area contributed by atoms with Crippen LogP contribution in [-0.4, -0.2) is 60.9 Å². The lowest BCUT2D eigenvalue weighted by atomic mass is 9.94. The SMILES string of the molecule is CC1C(C(F)(F)F)=NN(c2ccc(OC3CCN(S(=O)(=O)c4ccccc4C(F)(F)F)CC3)cc2)C1CC(=O)O. The summed E-state index contributed by atoms with van der Waals surface area (Å²) in [5.74, 6) is -2.11. The topological polar surface area (TPSA) is 99.5 Å². The summed E-state index contributed by atoms with van der Waals surface area (Å²) in [4.78, 5) is 10.5. The van der Waals surface area contributed by atoms with Crippen molar-refractivity contribution >= 4 is 27.4 Å². The quantitative estimate of drug-likeness (QED) is 0.446. The summed E-state index contributed by atoms with van der Waals surface area (Å²) in [5, 5.41) is 13.9. The van der Waals surface area contributed by atoms with Gasteiger partial charge in [-0.3, -0.25) is 9.80 Å². The fourth-order valence-corrected chi connectivity index (χ4v) is 6.49. The van der Waals surface area contributed by atoms with Crippen LogP contribution < -0.4 is 9.75 Å². The Bertz CT molecular complexity index is 1370. The first-order valence-corrected chi connectivity index (χ1v) is 13.6. The standard InChI is InChI=1S/C25H25F6N3O5S/c1-15-20(14-22(35)36)34(32-23(15)25(29,30)31)16-6-8-17(9-7-16)39-18-10-12-33(13-11-18)40(37,38)21-5-3-2-4-19(21)24(26,27)28/h2-9,15,18,20H,10-14H2,1H3,(H,35,36). The number of alkyl halides is 6. The molecule has 8 nitrogen and oxygen atoms in total. The molecule has 2 aromatic carbocycles. The maximum absolute atomic E-state index is 13.4. The van der Waals surface area contributed by atoms with Crippen molar-refractivity contribution in [2.75, 3.05) is 18.1 Å². The summed E-state index contributed by atoms with van der Waals surface area (Å²) in [6.07, 6.45) is -10.2. The Morgan fingerprint density at radius 3 is 2.15 bits per heavy atom. The minimum Gasteiger partial charge on any atom is -0.490 e. The number of benzene rings is 2. The number of hydrogen-bond donors (Lipinski definition) is 1. The smallest absolute Gasteiger partial charge is 0.431 e. The molecule has 0 radical (unpaired) electrons. The van der Waals surface area contributed by atoms with Crippen LogP contribution in [0.4, 0.5) is 32.0 Å². The predicted molar refractivity (Wildman–Crippen MR) is 131 cm³/mol. The Labute approximate surface area is 225 Å². The number of nitrogens with zero attached hydrogens (tertiary/aromatic N) is 3. The van der Waals surface area contributed by atoms with Gasteiger partial charge in [-0.2, -0.15) is 35.7 Å². The number of halogens is 6. The zero-order chi connectivity index (χ0) is 29.5. The molecule has 4 rings (SSSR count). The number of carboxylic acids is 1. The zero-order valence-corrected chi connectivity index (χ0v) is 21.8. The molecule has 0 aliphatic carbocycles. The first-order valence-electron chi connectivity index (χ1n) is 12.2. The molecule has 1 N–H and O–H groups in total. The number of ether oxygens (including phenoxy) is 1. The second-order valence-electron chi connectivity index (χ2n) is 9.49. The highest BCUT2D eigenvalue weighted by Crippen LogP contribution is 2.38. The van der Waals surface area contributed by atoms with Crippen molar-refractivity contribution in [3.63, 3.8) is 0 Å². The van der Waals surface area contributed by atoms with E-state index < -0.39 is 69.0 Å². The molecule has 1 fully saturated rings. The lowest BCUT2D eigenvalue weighted by Gasteiger charge is -2.32.